The van der Waals surface area contributed by atoms with Gasteiger partial charge < -0.3 is 5.11 Å². The Hall–Kier alpha value is -1.19. The van der Waals surface area contributed by atoms with E-state index in [9.17, 15) is 23.1 Å². The van der Waals surface area contributed by atoms with Gasteiger partial charge in [0, 0.05) is 11.1 Å². The number of carbonyl (C=O) groups excluding carboxylic acids is 1. The first kappa shape index (κ1) is 14.9. The number of rotatable bonds is 4. The summed E-state index contributed by atoms with van der Waals surface area (Å²) in [6.45, 7) is 1.49. The molecule has 1 rings (SSSR count). The average molecular weight is 284 g/mol. The normalized spacial score (nSPS) is 15.2. The van der Waals surface area contributed by atoms with E-state index in [1.54, 1.807) is 5.48 Å². The molecule has 102 valence electrons. The van der Waals surface area contributed by atoms with Crippen molar-refractivity contribution >= 4 is 17.2 Å². The number of aromatic nitrogens is 1. The van der Waals surface area contributed by atoms with Crippen LogP contribution in [0.15, 0.2) is 5.38 Å². The first-order chi connectivity index (χ1) is 8.20. The molecule has 0 aliphatic rings. The minimum atomic E-state index is -5.01. The Balaban J connectivity index is 3.08. The molecule has 0 saturated carbocycles. The van der Waals surface area contributed by atoms with E-state index in [2.05, 4.69) is 9.82 Å². The maximum absolute atomic E-state index is 12.9. The fraction of sp³-hybridized carbons (Fsp3) is 0.556. The van der Waals surface area contributed by atoms with Gasteiger partial charge in [0.15, 0.2) is 0 Å². The lowest BCUT2D eigenvalue weighted by Crippen LogP contribution is -2.46. The quantitative estimate of drug-likeness (QED) is 0.817. The zero-order valence-electron chi connectivity index (χ0n) is 9.54. The lowest BCUT2D eigenvalue weighted by atomic mass is 9.99. The molecule has 1 amide bonds. The van der Waals surface area contributed by atoms with Gasteiger partial charge in [-0.05, 0) is 6.92 Å². The molecule has 0 aliphatic heterocycles. The average Bonchev–Trinajstić information content (AvgIpc) is 2.63. The van der Waals surface area contributed by atoms with Gasteiger partial charge in [-0.3, -0.25) is 9.63 Å². The second-order valence-electron chi connectivity index (χ2n) is 3.56. The van der Waals surface area contributed by atoms with Crippen LogP contribution in [-0.2, 0) is 15.2 Å². The number of nitrogens with zero attached hydrogens (tertiary/aromatic N) is 1. The van der Waals surface area contributed by atoms with Crippen molar-refractivity contribution in [1.82, 2.24) is 10.5 Å². The van der Waals surface area contributed by atoms with E-state index in [1.165, 1.54) is 12.3 Å². The molecule has 0 aliphatic carbocycles. The van der Waals surface area contributed by atoms with Crippen LogP contribution < -0.4 is 5.48 Å². The van der Waals surface area contributed by atoms with Crippen LogP contribution in [0.2, 0.25) is 0 Å². The Kier molecular flexibility index (Phi) is 4.30. The van der Waals surface area contributed by atoms with Crippen LogP contribution >= 0.6 is 11.3 Å². The highest BCUT2D eigenvalue weighted by molar-refractivity contribution is 7.09. The number of thiazole rings is 1. The van der Waals surface area contributed by atoms with Crippen molar-refractivity contribution in [3.05, 3.63) is 16.1 Å². The summed E-state index contributed by atoms with van der Waals surface area (Å²) in [6, 6.07) is 0. The molecule has 0 unspecified atom stereocenters. The fourth-order valence-electron chi connectivity index (χ4n) is 1.22. The highest BCUT2D eigenvalue weighted by Crippen LogP contribution is 2.42. The molecule has 0 radical (unpaired) electrons. The van der Waals surface area contributed by atoms with Crippen molar-refractivity contribution in [3.8, 4) is 0 Å². The fourth-order valence-corrected chi connectivity index (χ4v) is 2.14. The third kappa shape index (κ3) is 2.98. The van der Waals surface area contributed by atoms with Gasteiger partial charge in [0.2, 0.25) is 11.5 Å². The third-order valence-electron chi connectivity index (χ3n) is 2.07. The molecule has 0 fully saturated rings. The largest absolute Gasteiger partial charge is 0.424 e. The molecule has 1 aromatic rings. The standard InChI is InChI=1S/C9H11F3N2O3S/c1-5-4-18-7(13-5)8(16,9(10,11)12)3-6(15)14-17-2/h4,16H,3H2,1-2H3,(H,14,15)/t8-/m1/s1. The molecule has 1 aromatic heterocycles. The monoisotopic (exact) mass is 284 g/mol. The topological polar surface area (TPSA) is 71.5 Å². The predicted octanol–water partition coefficient (Wildman–Crippen LogP) is 1.27. The molecular weight excluding hydrogens is 273 g/mol. The number of alkyl halides is 3. The van der Waals surface area contributed by atoms with Crippen molar-refractivity contribution in [2.75, 3.05) is 7.11 Å². The number of hydrogen-bond donors (Lipinski definition) is 2. The summed E-state index contributed by atoms with van der Waals surface area (Å²) in [4.78, 5) is 19.0. The minimum absolute atomic E-state index is 0.338. The highest BCUT2D eigenvalue weighted by Gasteiger charge is 2.58. The Morgan fingerprint density at radius 2 is 2.22 bits per heavy atom. The molecule has 18 heavy (non-hydrogen) atoms. The number of aryl methyl sites for hydroxylation is 1. The number of halogens is 3. The summed E-state index contributed by atoms with van der Waals surface area (Å²) in [5.74, 6) is -1.09. The van der Waals surface area contributed by atoms with Crippen LogP contribution in [0.1, 0.15) is 17.1 Å². The summed E-state index contributed by atoms with van der Waals surface area (Å²) in [7, 11) is 1.08. The number of aliphatic hydroxyl groups is 1. The molecule has 0 bridgehead atoms. The van der Waals surface area contributed by atoms with Crippen LogP contribution in [0.25, 0.3) is 0 Å². The van der Waals surface area contributed by atoms with Gasteiger partial charge in [-0.2, -0.15) is 13.2 Å². The molecule has 5 nitrogen and oxygen atoms in total. The van der Waals surface area contributed by atoms with Gasteiger partial charge in [0.05, 0.1) is 13.5 Å². The molecular formula is C9H11F3N2O3S. The van der Waals surface area contributed by atoms with Crippen molar-refractivity contribution in [1.29, 1.82) is 0 Å². The van der Waals surface area contributed by atoms with Crippen LogP contribution in [0, 0.1) is 6.92 Å². The zero-order chi connectivity index (χ0) is 14.0. The number of hydroxylamine groups is 1. The summed E-state index contributed by atoms with van der Waals surface area (Å²) >= 11 is 0.642. The van der Waals surface area contributed by atoms with Gasteiger partial charge in [0.1, 0.15) is 5.01 Å². The number of nitrogens with one attached hydrogen (secondary N) is 1. The second kappa shape index (κ2) is 5.21. The Bertz CT molecular complexity index is 435. The lowest BCUT2D eigenvalue weighted by Gasteiger charge is -2.27. The van der Waals surface area contributed by atoms with Crippen molar-refractivity contribution in [2.45, 2.75) is 25.1 Å². The van der Waals surface area contributed by atoms with E-state index in [0.29, 0.717) is 17.0 Å². The number of hydrogen-bond acceptors (Lipinski definition) is 5. The third-order valence-corrected chi connectivity index (χ3v) is 3.19. The van der Waals surface area contributed by atoms with Crippen LogP contribution in [0.5, 0.6) is 0 Å². The van der Waals surface area contributed by atoms with E-state index >= 15 is 0 Å². The van der Waals surface area contributed by atoms with Gasteiger partial charge >= 0.3 is 6.18 Å². The van der Waals surface area contributed by atoms with Crippen LogP contribution in [-0.4, -0.2) is 29.3 Å². The summed E-state index contributed by atoms with van der Waals surface area (Å²) < 4.78 is 38.7. The van der Waals surface area contributed by atoms with E-state index in [0.717, 1.165) is 7.11 Å². The van der Waals surface area contributed by atoms with E-state index < -0.39 is 29.1 Å². The van der Waals surface area contributed by atoms with Gasteiger partial charge in [-0.15, -0.1) is 11.3 Å². The Labute approximate surface area is 105 Å². The lowest BCUT2D eigenvalue weighted by molar-refractivity contribution is -0.268. The zero-order valence-corrected chi connectivity index (χ0v) is 10.4. The molecule has 1 heterocycles. The SMILES string of the molecule is CONC(=O)C[C@@](O)(c1nc(C)cs1)C(F)(F)F. The maximum atomic E-state index is 12.9. The molecule has 0 aromatic carbocycles. The first-order valence-corrected chi connectivity index (χ1v) is 5.62. The summed E-state index contributed by atoms with van der Waals surface area (Å²) in [5, 5.41) is 10.5. The molecule has 9 heteroatoms. The maximum Gasteiger partial charge on any atom is 0.424 e. The number of amides is 1. The highest BCUT2D eigenvalue weighted by atomic mass is 32.1. The van der Waals surface area contributed by atoms with Gasteiger partial charge in [-0.1, -0.05) is 0 Å². The summed E-state index contributed by atoms with van der Waals surface area (Å²) in [5.41, 5.74) is -1.25. The van der Waals surface area contributed by atoms with Crippen molar-refractivity contribution < 1.29 is 27.9 Å². The van der Waals surface area contributed by atoms with Crippen molar-refractivity contribution in [3.63, 3.8) is 0 Å². The molecule has 0 spiro atoms. The van der Waals surface area contributed by atoms with E-state index in [4.69, 9.17) is 0 Å². The number of carbonyl (C=O) groups is 1. The first-order valence-electron chi connectivity index (χ1n) is 4.74. The molecule has 0 saturated heterocycles. The molecule has 1 atom stereocenters. The van der Waals surface area contributed by atoms with E-state index in [1.807, 2.05) is 0 Å². The van der Waals surface area contributed by atoms with Gasteiger partial charge in [-0.25, -0.2) is 10.5 Å². The molecule has 2 N–H and O–H groups in total. The Morgan fingerprint density at radius 1 is 1.61 bits per heavy atom. The van der Waals surface area contributed by atoms with Gasteiger partial charge in [0.25, 0.3) is 0 Å². The van der Waals surface area contributed by atoms with Crippen LogP contribution in [0.4, 0.5) is 13.2 Å². The van der Waals surface area contributed by atoms with E-state index in [-0.39, 0.29) is 0 Å². The van der Waals surface area contributed by atoms with Crippen LogP contribution in [0.3, 0.4) is 0 Å². The Morgan fingerprint density at radius 3 is 2.61 bits per heavy atom. The minimum Gasteiger partial charge on any atom is -0.374 e. The second-order valence-corrected chi connectivity index (χ2v) is 4.42. The van der Waals surface area contributed by atoms with Crippen molar-refractivity contribution in [2.24, 2.45) is 0 Å². The summed E-state index contributed by atoms with van der Waals surface area (Å²) in [6.07, 6.45) is -6.22. The predicted molar refractivity (Wildman–Crippen MR) is 56.6 cm³/mol. The smallest absolute Gasteiger partial charge is 0.374 e.